The minimum atomic E-state index is -1.56. The van der Waals surface area contributed by atoms with Gasteiger partial charge in [-0.15, -0.1) is 0 Å². The van der Waals surface area contributed by atoms with Gasteiger partial charge in [-0.2, -0.15) is 9.78 Å². The third-order valence-electron chi connectivity index (χ3n) is 4.18. The average molecular weight is 358 g/mol. The highest BCUT2D eigenvalue weighted by molar-refractivity contribution is 5.88. The van der Waals surface area contributed by atoms with Crippen LogP contribution in [0.15, 0.2) is 30.6 Å². The molecule has 1 amide bonds. The maximum absolute atomic E-state index is 12.3. The van der Waals surface area contributed by atoms with Crippen molar-refractivity contribution in [1.82, 2.24) is 19.7 Å². The first-order valence-corrected chi connectivity index (χ1v) is 8.34. The van der Waals surface area contributed by atoms with Crippen molar-refractivity contribution >= 4 is 12.0 Å². The normalized spacial score (nSPS) is 20.5. The maximum atomic E-state index is 12.3. The Labute approximate surface area is 151 Å². The molecule has 26 heavy (non-hydrogen) atoms. The van der Waals surface area contributed by atoms with Crippen LogP contribution in [0.5, 0.6) is 0 Å². The molecule has 0 aliphatic carbocycles. The van der Waals surface area contributed by atoms with Crippen LogP contribution in [0, 0.1) is 0 Å². The van der Waals surface area contributed by atoms with Crippen LogP contribution in [0.25, 0.3) is 11.4 Å². The minimum absolute atomic E-state index is 0.318. The van der Waals surface area contributed by atoms with Gasteiger partial charge < -0.3 is 14.7 Å². The molecule has 8 heteroatoms. The predicted octanol–water partition coefficient (Wildman–Crippen LogP) is 1.78. The van der Waals surface area contributed by atoms with E-state index in [0.717, 1.165) is 4.68 Å². The summed E-state index contributed by atoms with van der Waals surface area (Å²) < 4.78 is 6.37. The van der Waals surface area contributed by atoms with Gasteiger partial charge in [0.25, 0.3) is 5.91 Å². The molecule has 8 nitrogen and oxygen atoms in total. The first-order chi connectivity index (χ1) is 12.1. The number of likely N-dealkylation sites (tertiary alicyclic amines) is 1. The van der Waals surface area contributed by atoms with E-state index < -0.39 is 17.3 Å². The van der Waals surface area contributed by atoms with Crippen LogP contribution in [0.3, 0.4) is 0 Å². The summed E-state index contributed by atoms with van der Waals surface area (Å²) in [4.78, 5) is 30.1. The second kappa shape index (κ2) is 6.21. The predicted molar refractivity (Wildman–Crippen MR) is 93.2 cm³/mol. The van der Waals surface area contributed by atoms with Gasteiger partial charge in [-0.3, -0.25) is 9.78 Å². The Morgan fingerprint density at radius 2 is 2.04 bits per heavy atom. The molecule has 0 saturated carbocycles. The fraction of sp³-hybridized carbons (Fsp3) is 0.444. The van der Waals surface area contributed by atoms with Crippen molar-refractivity contribution in [3.63, 3.8) is 0 Å². The van der Waals surface area contributed by atoms with Gasteiger partial charge in [-0.05, 0) is 44.5 Å². The van der Waals surface area contributed by atoms with Crippen LogP contribution < -0.4 is 0 Å². The lowest BCUT2D eigenvalue weighted by atomic mass is 9.92. The van der Waals surface area contributed by atoms with E-state index in [2.05, 4.69) is 10.1 Å². The third-order valence-corrected chi connectivity index (χ3v) is 4.18. The zero-order valence-corrected chi connectivity index (χ0v) is 15.3. The Morgan fingerprint density at radius 3 is 2.65 bits per heavy atom. The highest BCUT2D eigenvalue weighted by Crippen LogP contribution is 2.33. The number of hydrogen-bond donors (Lipinski definition) is 1. The summed E-state index contributed by atoms with van der Waals surface area (Å²) in [6.45, 7) is 5.81. The number of amides is 1. The van der Waals surface area contributed by atoms with Gasteiger partial charge in [-0.25, -0.2) is 4.79 Å². The molecule has 1 atom stereocenters. The van der Waals surface area contributed by atoms with Crippen molar-refractivity contribution in [2.24, 2.45) is 0 Å². The summed E-state index contributed by atoms with van der Waals surface area (Å²) in [6.07, 6.45) is 2.73. The van der Waals surface area contributed by atoms with Crippen molar-refractivity contribution in [3.05, 3.63) is 36.2 Å². The second-order valence-corrected chi connectivity index (χ2v) is 7.39. The van der Waals surface area contributed by atoms with Crippen molar-refractivity contribution in [2.75, 3.05) is 13.6 Å². The summed E-state index contributed by atoms with van der Waals surface area (Å²) >= 11 is 0. The molecular weight excluding hydrogens is 336 g/mol. The molecular formula is C18H22N4O4. The summed E-state index contributed by atoms with van der Waals surface area (Å²) in [5, 5.41) is 15.0. The highest BCUT2D eigenvalue weighted by atomic mass is 16.6. The van der Waals surface area contributed by atoms with Crippen LogP contribution in [-0.2, 0) is 15.1 Å². The first kappa shape index (κ1) is 18.1. The van der Waals surface area contributed by atoms with Crippen molar-refractivity contribution < 1.29 is 19.4 Å². The van der Waals surface area contributed by atoms with Crippen molar-refractivity contribution in [2.45, 2.75) is 38.4 Å². The van der Waals surface area contributed by atoms with Crippen LogP contribution in [0.2, 0.25) is 0 Å². The zero-order chi connectivity index (χ0) is 19.1. The molecule has 138 valence electrons. The van der Waals surface area contributed by atoms with E-state index in [1.54, 1.807) is 46.0 Å². The van der Waals surface area contributed by atoms with Crippen LogP contribution in [0.4, 0.5) is 4.79 Å². The Kier molecular flexibility index (Phi) is 4.31. The smallest absolute Gasteiger partial charge is 0.435 e. The summed E-state index contributed by atoms with van der Waals surface area (Å²) in [5.74, 6) is -0.339. The molecule has 0 unspecified atom stereocenters. The summed E-state index contributed by atoms with van der Waals surface area (Å²) in [7, 11) is 1.66. The monoisotopic (exact) mass is 358 g/mol. The topological polar surface area (TPSA) is 97.6 Å². The van der Waals surface area contributed by atoms with Crippen molar-refractivity contribution in [3.8, 4) is 11.4 Å². The van der Waals surface area contributed by atoms with E-state index in [4.69, 9.17) is 4.74 Å². The van der Waals surface area contributed by atoms with Gasteiger partial charge in [0.15, 0.2) is 5.60 Å². The number of likely N-dealkylation sites (N-methyl/N-ethyl adjacent to an activating group) is 1. The SMILES string of the molecule is CN1CC[C@@](O)(c2ccnc(-c3ccn(C(=O)OC(C)(C)C)n3)c2)C1=O. The number of rotatable bonds is 2. The molecule has 3 heterocycles. The van der Waals surface area contributed by atoms with E-state index >= 15 is 0 Å². The standard InChI is InChI=1S/C18H22N4O4/c1-17(2,3)26-16(24)22-9-6-13(20-22)14-11-12(5-8-19-14)18(25)7-10-21(4)15(18)23/h5-6,8-9,11,25H,7,10H2,1-4H3/t18-/m1/s1. The average Bonchev–Trinajstić information content (AvgIpc) is 3.16. The minimum Gasteiger partial charge on any atom is -0.442 e. The quantitative estimate of drug-likeness (QED) is 0.879. The molecule has 3 rings (SSSR count). The van der Waals surface area contributed by atoms with Crippen molar-refractivity contribution in [1.29, 1.82) is 0 Å². The number of nitrogens with zero attached hydrogens (tertiary/aromatic N) is 4. The fourth-order valence-electron chi connectivity index (χ4n) is 2.82. The number of carbonyl (C=O) groups excluding carboxylic acids is 2. The fourth-order valence-corrected chi connectivity index (χ4v) is 2.82. The van der Waals surface area contributed by atoms with Gasteiger partial charge in [-0.1, -0.05) is 0 Å². The highest BCUT2D eigenvalue weighted by Gasteiger charge is 2.45. The van der Waals surface area contributed by atoms with Gasteiger partial charge in [0, 0.05) is 32.4 Å². The number of carbonyl (C=O) groups is 2. The largest absolute Gasteiger partial charge is 0.442 e. The van der Waals surface area contributed by atoms with Crippen LogP contribution >= 0.6 is 0 Å². The maximum Gasteiger partial charge on any atom is 0.435 e. The Hall–Kier alpha value is -2.74. The van der Waals surface area contributed by atoms with E-state index in [1.807, 2.05) is 0 Å². The number of ether oxygens (including phenoxy) is 1. The molecule has 2 aromatic heterocycles. The lowest BCUT2D eigenvalue weighted by Gasteiger charge is -2.21. The molecule has 0 spiro atoms. The Bertz CT molecular complexity index is 855. The van der Waals surface area contributed by atoms with E-state index in [-0.39, 0.29) is 5.91 Å². The molecule has 1 N–H and O–H groups in total. The molecule has 1 aliphatic rings. The Morgan fingerprint density at radius 1 is 1.31 bits per heavy atom. The molecule has 1 saturated heterocycles. The van der Waals surface area contributed by atoms with Gasteiger partial charge in [0.05, 0.1) is 5.69 Å². The molecule has 2 aromatic rings. The molecule has 0 radical (unpaired) electrons. The summed E-state index contributed by atoms with van der Waals surface area (Å²) in [6, 6.07) is 4.87. The number of aromatic nitrogens is 3. The molecule has 0 bridgehead atoms. The van der Waals surface area contributed by atoms with Gasteiger partial charge in [0.2, 0.25) is 0 Å². The molecule has 1 fully saturated rings. The zero-order valence-electron chi connectivity index (χ0n) is 15.3. The van der Waals surface area contributed by atoms with E-state index in [0.29, 0.717) is 29.9 Å². The van der Waals surface area contributed by atoms with Gasteiger partial charge in [0.1, 0.15) is 11.3 Å². The first-order valence-electron chi connectivity index (χ1n) is 8.34. The number of hydrogen-bond acceptors (Lipinski definition) is 6. The third kappa shape index (κ3) is 3.32. The lowest BCUT2D eigenvalue weighted by Crippen LogP contribution is -2.36. The van der Waals surface area contributed by atoms with E-state index in [1.165, 1.54) is 17.3 Å². The van der Waals surface area contributed by atoms with Crippen LogP contribution in [-0.4, -0.2) is 56.0 Å². The van der Waals surface area contributed by atoms with Gasteiger partial charge >= 0.3 is 6.09 Å². The van der Waals surface area contributed by atoms with Crippen LogP contribution in [0.1, 0.15) is 32.8 Å². The molecule has 1 aliphatic heterocycles. The number of aliphatic hydroxyl groups is 1. The molecule has 0 aromatic carbocycles. The Balaban J connectivity index is 1.88. The van der Waals surface area contributed by atoms with E-state index in [9.17, 15) is 14.7 Å². The number of pyridine rings is 1. The second-order valence-electron chi connectivity index (χ2n) is 7.39. The summed E-state index contributed by atoms with van der Waals surface area (Å²) in [5.41, 5.74) is -0.816. The lowest BCUT2D eigenvalue weighted by molar-refractivity contribution is -0.143.